The molecule has 0 saturated carbocycles. The lowest BCUT2D eigenvalue weighted by Gasteiger charge is -2.12. The van der Waals surface area contributed by atoms with Gasteiger partial charge in [0.1, 0.15) is 5.75 Å². The standard InChI is InChI=1S/C22H21N3O4S/c1-15-12-16(2)24-22(23-15)30-14-21(27)28-13-20(26)25-18-10-6-7-11-19(18)29-17-8-4-3-5-9-17/h3-12H,13-14H2,1-2H3,(H,25,26). The molecule has 0 atom stereocenters. The van der Waals surface area contributed by atoms with E-state index in [1.165, 1.54) is 11.8 Å². The highest BCUT2D eigenvalue weighted by molar-refractivity contribution is 7.99. The Morgan fingerprint density at radius 2 is 1.63 bits per heavy atom. The van der Waals surface area contributed by atoms with E-state index >= 15 is 0 Å². The number of nitrogens with zero attached hydrogens (tertiary/aromatic N) is 2. The van der Waals surface area contributed by atoms with Crippen LogP contribution in [0, 0.1) is 13.8 Å². The smallest absolute Gasteiger partial charge is 0.316 e. The molecular weight excluding hydrogens is 402 g/mol. The first-order valence-electron chi connectivity index (χ1n) is 9.22. The van der Waals surface area contributed by atoms with E-state index in [4.69, 9.17) is 9.47 Å². The summed E-state index contributed by atoms with van der Waals surface area (Å²) < 4.78 is 10.9. The molecule has 1 aromatic heterocycles. The van der Waals surface area contributed by atoms with Crippen LogP contribution in [0.15, 0.2) is 65.8 Å². The van der Waals surface area contributed by atoms with E-state index in [0.717, 1.165) is 11.4 Å². The van der Waals surface area contributed by atoms with Gasteiger partial charge in [-0.05, 0) is 44.2 Å². The normalized spacial score (nSPS) is 10.3. The second-order valence-corrected chi connectivity index (χ2v) is 7.28. The summed E-state index contributed by atoms with van der Waals surface area (Å²) in [5, 5.41) is 3.20. The van der Waals surface area contributed by atoms with Crippen LogP contribution in [0.5, 0.6) is 11.5 Å². The number of rotatable bonds is 8. The number of benzene rings is 2. The van der Waals surface area contributed by atoms with Crippen LogP contribution in [0.2, 0.25) is 0 Å². The third-order valence-corrected chi connectivity index (χ3v) is 4.60. The molecule has 0 aliphatic heterocycles. The van der Waals surface area contributed by atoms with Crippen molar-refractivity contribution < 1.29 is 19.1 Å². The molecule has 154 valence electrons. The Morgan fingerprint density at radius 1 is 0.967 bits per heavy atom. The summed E-state index contributed by atoms with van der Waals surface area (Å²) in [7, 11) is 0. The summed E-state index contributed by atoms with van der Waals surface area (Å²) in [5.74, 6) is 0.179. The fourth-order valence-corrected chi connectivity index (χ4v) is 3.28. The molecule has 0 bridgehead atoms. The van der Waals surface area contributed by atoms with Crippen LogP contribution in [-0.2, 0) is 14.3 Å². The Labute approximate surface area is 178 Å². The zero-order valence-corrected chi connectivity index (χ0v) is 17.4. The molecule has 30 heavy (non-hydrogen) atoms. The quantitative estimate of drug-likeness (QED) is 0.330. The average molecular weight is 423 g/mol. The van der Waals surface area contributed by atoms with Gasteiger partial charge in [0.2, 0.25) is 0 Å². The minimum absolute atomic E-state index is 0.0177. The molecule has 0 saturated heterocycles. The lowest BCUT2D eigenvalue weighted by molar-refractivity contribution is -0.144. The SMILES string of the molecule is Cc1cc(C)nc(SCC(=O)OCC(=O)Nc2ccccc2Oc2ccccc2)n1. The number of esters is 1. The van der Waals surface area contributed by atoms with E-state index < -0.39 is 18.5 Å². The van der Waals surface area contributed by atoms with Gasteiger partial charge in [0.25, 0.3) is 5.91 Å². The number of aryl methyl sites for hydroxylation is 2. The Morgan fingerprint density at radius 3 is 2.37 bits per heavy atom. The van der Waals surface area contributed by atoms with Crippen LogP contribution in [0.25, 0.3) is 0 Å². The molecule has 1 heterocycles. The Hall–Kier alpha value is -3.39. The van der Waals surface area contributed by atoms with E-state index in [2.05, 4.69) is 15.3 Å². The summed E-state index contributed by atoms with van der Waals surface area (Å²) in [5.41, 5.74) is 2.14. The maximum atomic E-state index is 12.2. The van der Waals surface area contributed by atoms with Crippen molar-refractivity contribution in [2.24, 2.45) is 0 Å². The first-order valence-corrected chi connectivity index (χ1v) is 10.2. The summed E-state index contributed by atoms with van der Waals surface area (Å²) >= 11 is 1.17. The molecule has 3 rings (SSSR count). The van der Waals surface area contributed by atoms with Gasteiger partial charge in [-0.15, -0.1) is 0 Å². The third kappa shape index (κ3) is 6.59. The number of para-hydroxylation sites is 3. The lowest BCUT2D eigenvalue weighted by atomic mass is 10.3. The number of carbonyl (C=O) groups is 2. The second kappa shape index (κ2) is 10.4. The Balaban J connectivity index is 1.49. The van der Waals surface area contributed by atoms with E-state index in [0.29, 0.717) is 22.3 Å². The molecule has 1 amide bonds. The molecule has 0 fully saturated rings. The largest absolute Gasteiger partial charge is 0.455 e. The topological polar surface area (TPSA) is 90.4 Å². The average Bonchev–Trinajstić information content (AvgIpc) is 2.72. The number of carbonyl (C=O) groups excluding carboxylic acids is 2. The molecule has 8 heteroatoms. The molecular formula is C22H21N3O4S. The molecule has 1 N–H and O–H groups in total. The van der Waals surface area contributed by atoms with Gasteiger partial charge in [0, 0.05) is 11.4 Å². The molecule has 0 spiro atoms. The van der Waals surface area contributed by atoms with Crippen molar-refractivity contribution in [2.45, 2.75) is 19.0 Å². The maximum Gasteiger partial charge on any atom is 0.316 e. The Kier molecular flexibility index (Phi) is 7.40. The summed E-state index contributed by atoms with van der Waals surface area (Å²) in [6.45, 7) is 3.33. The first kappa shape index (κ1) is 21.3. The fraction of sp³-hybridized carbons (Fsp3) is 0.182. The lowest BCUT2D eigenvalue weighted by Crippen LogP contribution is -2.22. The highest BCUT2D eigenvalue weighted by Crippen LogP contribution is 2.29. The zero-order valence-electron chi connectivity index (χ0n) is 16.6. The van der Waals surface area contributed by atoms with Gasteiger partial charge in [0.15, 0.2) is 17.5 Å². The van der Waals surface area contributed by atoms with Crippen molar-refractivity contribution in [3.05, 3.63) is 72.1 Å². The number of ether oxygens (including phenoxy) is 2. The number of hydrogen-bond donors (Lipinski definition) is 1. The highest BCUT2D eigenvalue weighted by atomic mass is 32.2. The summed E-state index contributed by atoms with van der Waals surface area (Å²) in [4.78, 5) is 32.7. The van der Waals surface area contributed by atoms with Crippen LogP contribution in [0.3, 0.4) is 0 Å². The molecule has 0 unspecified atom stereocenters. The van der Waals surface area contributed by atoms with Crippen LogP contribution in [0.1, 0.15) is 11.4 Å². The van der Waals surface area contributed by atoms with E-state index in [1.54, 1.807) is 24.3 Å². The predicted octanol–water partition coefficient (Wildman–Crippen LogP) is 4.16. The minimum atomic E-state index is -0.522. The van der Waals surface area contributed by atoms with Gasteiger partial charge in [-0.25, -0.2) is 9.97 Å². The first-order chi connectivity index (χ1) is 14.5. The molecule has 0 aliphatic rings. The van der Waals surface area contributed by atoms with Crippen LogP contribution in [-0.4, -0.2) is 34.2 Å². The predicted molar refractivity (Wildman–Crippen MR) is 115 cm³/mol. The van der Waals surface area contributed by atoms with Crippen molar-refractivity contribution >= 4 is 29.3 Å². The maximum absolute atomic E-state index is 12.2. The van der Waals surface area contributed by atoms with Crippen molar-refractivity contribution in [1.29, 1.82) is 0 Å². The molecule has 7 nitrogen and oxygen atoms in total. The van der Waals surface area contributed by atoms with Gasteiger partial charge in [0.05, 0.1) is 11.4 Å². The van der Waals surface area contributed by atoms with E-state index in [9.17, 15) is 9.59 Å². The molecule has 3 aromatic rings. The van der Waals surface area contributed by atoms with Crippen molar-refractivity contribution in [1.82, 2.24) is 9.97 Å². The van der Waals surface area contributed by atoms with E-state index in [1.807, 2.05) is 50.2 Å². The van der Waals surface area contributed by atoms with Crippen molar-refractivity contribution in [3.8, 4) is 11.5 Å². The third-order valence-electron chi connectivity index (χ3n) is 3.78. The van der Waals surface area contributed by atoms with Gasteiger partial charge < -0.3 is 14.8 Å². The highest BCUT2D eigenvalue weighted by Gasteiger charge is 2.12. The molecule has 0 radical (unpaired) electrons. The van der Waals surface area contributed by atoms with Crippen LogP contribution in [0.4, 0.5) is 5.69 Å². The number of thioether (sulfide) groups is 1. The van der Waals surface area contributed by atoms with Crippen LogP contribution >= 0.6 is 11.8 Å². The number of amides is 1. The summed E-state index contributed by atoms with van der Waals surface area (Å²) in [6, 6.07) is 18.1. The van der Waals surface area contributed by atoms with Crippen molar-refractivity contribution in [2.75, 3.05) is 17.7 Å². The number of anilines is 1. The van der Waals surface area contributed by atoms with E-state index in [-0.39, 0.29) is 5.75 Å². The van der Waals surface area contributed by atoms with Crippen LogP contribution < -0.4 is 10.1 Å². The van der Waals surface area contributed by atoms with Gasteiger partial charge in [-0.2, -0.15) is 0 Å². The fourth-order valence-electron chi connectivity index (χ4n) is 2.53. The zero-order chi connectivity index (χ0) is 21.3. The molecule has 0 aliphatic carbocycles. The number of aromatic nitrogens is 2. The molecule has 2 aromatic carbocycles. The Bertz CT molecular complexity index is 1010. The van der Waals surface area contributed by atoms with Crippen molar-refractivity contribution in [3.63, 3.8) is 0 Å². The minimum Gasteiger partial charge on any atom is -0.455 e. The monoisotopic (exact) mass is 423 g/mol. The number of nitrogens with one attached hydrogen (secondary N) is 1. The van der Waals surface area contributed by atoms with Gasteiger partial charge >= 0.3 is 5.97 Å². The number of hydrogen-bond acceptors (Lipinski definition) is 7. The van der Waals surface area contributed by atoms with Gasteiger partial charge in [-0.1, -0.05) is 42.1 Å². The van der Waals surface area contributed by atoms with Gasteiger partial charge in [-0.3, -0.25) is 9.59 Å². The second-order valence-electron chi connectivity index (χ2n) is 6.34. The summed E-state index contributed by atoms with van der Waals surface area (Å²) in [6.07, 6.45) is 0.